The van der Waals surface area contributed by atoms with E-state index in [1.165, 1.54) is 24.0 Å². The Morgan fingerprint density at radius 3 is 1.43 bits per heavy atom. The Morgan fingerprint density at radius 2 is 1.04 bits per heavy atom. The Hall–Kier alpha value is -0.617. The Labute approximate surface area is 154 Å². The molecule has 0 radical (unpaired) electrons. The van der Waals surface area contributed by atoms with Crippen LogP contribution in [0.15, 0.2) is 55.1 Å². The van der Waals surface area contributed by atoms with Crippen LogP contribution in [0.3, 0.4) is 0 Å². The standard InChI is InChI=1S/2C9H7.C2H4.2ClH.Zr/c2*1-2-5-9-7-3-6-8(9)4-1;1-2;;;/h2*1-2,4-6H,7H2;1-2H2;2*1H;/q;;;;;+2/p-2. The monoisotopic (exact) mass is 418 g/mol. The van der Waals surface area contributed by atoms with Gasteiger partial charge in [0.25, 0.3) is 0 Å². The Bertz CT molecular complexity index is 750. The molecule has 1 fully saturated rings. The molecule has 0 nitrogen and oxygen atoms in total. The van der Waals surface area contributed by atoms with Gasteiger partial charge < -0.3 is 24.8 Å². The summed E-state index contributed by atoms with van der Waals surface area (Å²) in [5, 5.41) is 0. The van der Waals surface area contributed by atoms with Gasteiger partial charge in [0, 0.05) is 0 Å². The second kappa shape index (κ2) is 6.36. The summed E-state index contributed by atoms with van der Waals surface area (Å²) < 4.78 is 6.83. The first-order valence-electron chi connectivity index (χ1n) is 7.93. The molecule has 3 aliphatic rings. The molecule has 0 saturated carbocycles. The van der Waals surface area contributed by atoms with Gasteiger partial charge in [-0.15, -0.1) is 0 Å². The van der Waals surface area contributed by atoms with Crippen molar-refractivity contribution in [1.82, 2.24) is 0 Å². The molecule has 1 saturated heterocycles. The second-order valence-corrected chi connectivity index (χ2v) is 17.6. The van der Waals surface area contributed by atoms with Crippen LogP contribution in [0.25, 0.3) is 12.2 Å². The normalized spacial score (nSPS) is 17.4. The Morgan fingerprint density at radius 1 is 0.609 bits per heavy atom. The van der Waals surface area contributed by atoms with Gasteiger partial charge in [0.15, 0.2) is 0 Å². The first kappa shape index (κ1) is 17.2. The zero-order valence-corrected chi connectivity index (χ0v) is 16.8. The van der Waals surface area contributed by atoms with Gasteiger partial charge in [-0.05, 0) is 0 Å². The van der Waals surface area contributed by atoms with E-state index in [1.54, 1.807) is 19.4 Å². The number of benzene rings is 2. The van der Waals surface area contributed by atoms with E-state index >= 15 is 0 Å². The SMILES string of the molecule is C1=[C]([Zr+2]2([C]3=Cc4ccccc4C3)[CH2][CH2]2)Cc2ccccc21.[Cl-].[Cl-]. The van der Waals surface area contributed by atoms with Gasteiger partial charge in [0.2, 0.25) is 0 Å². The van der Waals surface area contributed by atoms with E-state index in [0.29, 0.717) is 0 Å². The number of hydrogen-bond donors (Lipinski definition) is 0. The van der Waals surface area contributed by atoms with E-state index in [4.69, 9.17) is 0 Å². The van der Waals surface area contributed by atoms with Crippen molar-refractivity contribution in [3.63, 3.8) is 0 Å². The summed E-state index contributed by atoms with van der Waals surface area (Å²) in [5.74, 6) is 0. The summed E-state index contributed by atoms with van der Waals surface area (Å²) in [6, 6.07) is 18.0. The molecule has 1 heterocycles. The fourth-order valence-electron chi connectivity index (χ4n) is 4.15. The third kappa shape index (κ3) is 2.72. The van der Waals surface area contributed by atoms with Crippen molar-refractivity contribution in [2.45, 2.75) is 21.1 Å². The molecule has 116 valence electrons. The molecule has 0 spiro atoms. The zero-order chi connectivity index (χ0) is 13.9. The Balaban J connectivity index is 0.000000781. The van der Waals surface area contributed by atoms with Crippen LogP contribution in [0, 0.1) is 0 Å². The van der Waals surface area contributed by atoms with Crippen molar-refractivity contribution in [3.8, 4) is 0 Å². The minimum Gasteiger partial charge on any atom is -1.00 e. The van der Waals surface area contributed by atoms with Crippen molar-refractivity contribution in [1.29, 1.82) is 0 Å². The third-order valence-electron chi connectivity index (χ3n) is 5.51. The fourth-order valence-corrected chi connectivity index (χ4v) is 17.3. The largest absolute Gasteiger partial charge is 1.00 e. The van der Waals surface area contributed by atoms with Gasteiger partial charge >= 0.3 is 131 Å². The number of fused-ring (bicyclic) bond motifs is 2. The van der Waals surface area contributed by atoms with E-state index in [9.17, 15) is 0 Å². The van der Waals surface area contributed by atoms with Crippen molar-refractivity contribution >= 4 is 12.2 Å². The van der Waals surface area contributed by atoms with E-state index in [1.807, 2.05) is 6.56 Å². The summed E-state index contributed by atoms with van der Waals surface area (Å²) in [7, 11) is 0. The van der Waals surface area contributed by atoms with Crippen LogP contribution in [0.1, 0.15) is 22.3 Å². The first-order valence-corrected chi connectivity index (χ1v) is 13.9. The fraction of sp³-hybridized carbons (Fsp3) is 0.200. The summed E-state index contributed by atoms with van der Waals surface area (Å²) in [6.07, 6.45) is 7.62. The number of hydrogen-bond acceptors (Lipinski definition) is 0. The molecular weight excluding hydrogens is 402 g/mol. The molecule has 2 aliphatic carbocycles. The van der Waals surface area contributed by atoms with Gasteiger partial charge in [0.05, 0.1) is 0 Å². The van der Waals surface area contributed by atoms with Gasteiger partial charge in [-0.2, -0.15) is 0 Å². The topological polar surface area (TPSA) is 0 Å². The van der Waals surface area contributed by atoms with E-state index < -0.39 is 20.3 Å². The molecule has 0 bridgehead atoms. The summed E-state index contributed by atoms with van der Waals surface area (Å²) in [5.41, 5.74) is 6.11. The van der Waals surface area contributed by atoms with Crippen molar-refractivity contribution in [3.05, 3.63) is 77.3 Å². The smallest absolute Gasteiger partial charge is 1.00 e. The van der Waals surface area contributed by atoms with E-state index in [2.05, 4.69) is 60.7 Å². The number of rotatable bonds is 2. The molecule has 1 aliphatic heterocycles. The first-order chi connectivity index (χ1) is 10.4. The van der Waals surface area contributed by atoms with Gasteiger partial charge in [-0.1, -0.05) is 0 Å². The quantitative estimate of drug-likeness (QED) is 0.597. The maximum absolute atomic E-state index is 2.56. The van der Waals surface area contributed by atoms with Gasteiger partial charge in [0.1, 0.15) is 0 Å². The molecular formula is C20H18Cl2Zr. The second-order valence-electron chi connectivity index (χ2n) is 6.67. The van der Waals surface area contributed by atoms with Gasteiger partial charge in [-0.3, -0.25) is 0 Å². The van der Waals surface area contributed by atoms with Crippen LogP contribution < -0.4 is 24.8 Å². The minimum absolute atomic E-state index is 0. The maximum atomic E-state index is 2.56. The maximum Gasteiger partial charge on any atom is -1.00 e. The molecule has 0 aromatic heterocycles. The number of allylic oxidation sites excluding steroid dienone is 2. The number of halogens is 2. The minimum atomic E-state index is -2.10. The van der Waals surface area contributed by atoms with Crippen LogP contribution in [-0.2, 0) is 33.1 Å². The van der Waals surface area contributed by atoms with Crippen LogP contribution in [0.2, 0.25) is 8.26 Å². The van der Waals surface area contributed by atoms with Crippen LogP contribution in [0.4, 0.5) is 0 Å². The molecule has 23 heavy (non-hydrogen) atoms. The molecule has 0 unspecified atom stereocenters. The van der Waals surface area contributed by atoms with Crippen molar-refractivity contribution in [2.75, 3.05) is 0 Å². The van der Waals surface area contributed by atoms with Crippen molar-refractivity contribution in [2.24, 2.45) is 0 Å². The average Bonchev–Trinajstić information content (AvgIpc) is 3.03. The van der Waals surface area contributed by atoms with Crippen LogP contribution in [-0.4, -0.2) is 0 Å². The summed E-state index contributed by atoms with van der Waals surface area (Å²) in [4.78, 5) is 0. The summed E-state index contributed by atoms with van der Waals surface area (Å²) in [6.45, 7) is 0. The zero-order valence-electron chi connectivity index (χ0n) is 12.9. The van der Waals surface area contributed by atoms with Crippen LogP contribution in [0.5, 0.6) is 0 Å². The Kier molecular flexibility index (Phi) is 4.76. The molecule has 0 amide bonds. The van der Waals surface area contributed by atoms with Gasteiger partial charge in [-0.25, -0.2) is 0 Å². The molecule has 2 aromatic carbocycles. The van der Waals surface area contributed by atoms with E-state index in [0.717, 1.165) is 0 Å². The molecule has 5 rings (SSSR count). The van der Waals surface area contributed by atoms with E-state index in [-0.39, 0.29) is 24.8 Å². The average molecular weight is 420 g/mol. The predicted molar refractivity (Wildman–Crippen MR) is 85.9 cm³/mol. The molecule has 3 heteroatoms. The molecule has 0 atom stereocenters. The van der Waals surface area contributed by atoms with Crippen molar-refractivity contribution < 1.29 is 45.1 Å². The molecule has 0 N–H and O–H groups in total. The molecule has 2 aromatic rings. The predicted octanol–water partition coefficient (Wildman–Crippen LogP) is -0.807. The van der Waals surface area contributed by atoms with Crippen LogP contribution >= 0.6 is 0 Å². The third-order valence-corrected chi connectivity index (χ3v) is 16.8. The summed E-state index contributed by atoms with van der Waals surface area (Å²) >= 11 is -2.10.